The summed E-state index contributed by atoms with van der Waals surface area (Å²) in [4.78, 5) is 3.88. The Morgan fingerprint density at radius 2 is 1.92 bits per heavy atom. The normalized spacial score (nSPS) is 10.8. The Kier molecular flexibility index (Phi) is 6.86. The second-order valence-electron chi connectivity index (χ2n) is 4.14. The fraction of sp³-hybridized carbons (Fsp3) is 0.143. The van der Waals surface area contributed by atoms with E-state index in [1.807, 2.05) is 13.8 Å². The van der Waals surface area contributed by atoms with Gasteiger partial charge in [0.1, 0.15) is 5.82 Å². The Bertz CT molecular complexity index is 756. The third-order valence-corrected chi connectivity index (χ3v) is 3.21. The number of hydrazone groups is 1. The quantitative estimate of drug-likeness (QED) is 0.264. The second kappa shape index (κ2) is 8.41. The van der Waals surface area contributed by atoms with Crippen LogP contribution >= 0.6 is 15.9 Å². The summed E-state index contributed by atoms with van der Waals surface area (Å²) in [5.41, 5.74) is 5.54. The van der Waals surface area contributed by atoms with E-state index in [-0.39, 0.29) is 22.9 Å². The van der Waals surface area contributed by atoms with Crippen LogP contribution in [0.25, 0.3) is 0 Å². The van der Waals surface area contributed by atoms with Crippen molar-refractivity contribution in [3.8, 4) is 5.75 Å². The van der Waals surface area contributed by atoms with E-state index < -0.39 is 17.4 Å². The number of aromatic nitrogens is 1. The average Bonchev–Trinajstić information content (AvgIpc) is 2.58. The number of anilines is 2. The van der Waals surface area contributed by atoms with Crippen LogP contribution in [0.5, 0.6) is 5.75 Å². The van der Waals surface area contributed by atoms with Crippen LogP contribution in [0.15, 0.2) is 34.0 Å². The molecular weight excluding hydrogens is 386 g/mol. The average molecular weight is 403 g/mol. The molecule has 0 bridgehead atoms. The van der Waals surface area contributed by atoms with Gasteiger partial charge in [-0.25, -0.2) is 15.2 Å². The number of hydrogen-bond donors (Lipinski definition) is 4. The molecule has 130 valence electrons. The van der Waals surface area contributed by atoms with E-state index in [9.17, 15) is 8.78 Å². The van der Waals surface area contributed by atoms with E-state index in [1.54, 1.807) is 0 Å². The maximum absolute atomic E-state index is 13.9. The minimum atomic E-state index is -1.44. The molecule has 0 unspecified atom stereocenters. The molecule has 0 aliphatic carbocycles. The maximum atomic E-state index is 13.9. The number of halogens is 3. The minimum absolute atomic E-state index is 0.0440. The zero-order valence-electron chi connectivity index (χ0n) is 13.0. The molecule has 0 saturated heterocycles. The van der Waals surface area contributed by atoms with Crippen molar-refractivity contribution in [3.05, 3.63) is 46.1 Å². The number of benzene rings is 1. The van der Waals surface area contributed by atoms with Crippen molar-refractivity contribution in [1.82, 2.24) is 4.98 Å². The smallest absolute Gasteiger partial charge is 0.202 e. The summed E-state index contributed by atoms with van der Waals surface area (Å²) in [7, 11) is 0. The lowest BCUT2D eigenvalue weighted by molar-refractivity contribution is 0.407. The highest BCUT2D eigenvalue weighted by molar-refractivity contribution is 9.10. The number of aromatic hydroxyl groups is 1. The van der Waals surface area contributed by atoms with Gasteiger partial charge in [-0.15, -0.1) is 0 Å². The highest BCUT2D eigenvalue weighted by Gasteiger charge is 2.22. The first-order valence-electron chi connectivity index (χ1n) is 6.77. The van der Waals surface area contributed by atoms with E-state index in [0.29, 0.717) is 9.48 Å². The van der Waals surface area contributed by atoms with E-state index in [1.165, 1.54) is 12.3 Å². The number of amidine groups is 1. The first kappa shape index (κ1) is 19.6. The molecule has 2 rings (SSSR count). The van der Waals surface area contributed by atoms with Gasteiger partial charge in [0.15, 0.2) is 17.4 Å². The van der Waals surface area contributed by atoms with Gasteiger partial charge in [-0.3, -0.25) is 5.01 Å². The molecule has 7 N–H and O–H groups in total. The Labute approximate surface area is 145 Å². The number of nitrogens with zero attached hydrogens (tertiary/aromatic N) is 3. The number of rotatable bonds is 2. The Balaban J connectivity index is 0.00000139. The van der Waals surface area contributed by atoms with Crippen molar-refractivity contribution in [2.75, 3.05) is 10.7 Å². The standard InChI is InChI=1S/C12H11BrF2N6O.C2H6/c13-5-3-6(11(16)19-4-5)12(20-17)21(18)7-1-2-8(22)10(15)9(7)14;1-2/h1-4,22H,17-18H2,(H2,16,19);1-2H3/b20-12-;. The van der Waals surface area contributed by atoms with Crippen LogP contribution in [-0.2, 0) is 0 Å². The maximum Gasteiger partial charge on any atom is 0.202 e. The molecule has 1 aromatic heterocycles. The molecule has 0 fully saturated rings. The first-order chi connectivity index (χ1) is 11.4. The molecule has 0 aliphatic heterocycles. The van der Waals surface area contributed by atoms with Gasteiger partial charge in [-0.1, -0.05) is 13.8 Å². The Morgan fingerprint density at radius 1 is 1.29 bits per heavy atom. The van der Waals surface area contributed by atoms with Crippen molar-refractivity contribution < 1.29 is 13.9 Å². The predicted molar refractivity (Wildman–Crippen MR) is 93.1 cm³/mol. The summed E-state index contributed by atoms with van der Waals surface area (Å²) in [5.74, 6) is 7.30. The number of nitrogens with two attached hydrogens (primary N) is 3. The minimum Gasteiger partial charge on any atom is -0.505 e. The summed E-state index contributed by atoms with van der Waals surface area (Å²) in [6.45, 7) is 4.00. The molecule has 7 nitrogen and oxygen atoms in total. The van der Waals surface area contributed by atoms with Crippen LogP contribution < -0.4 is 22.4 Å². The molecule has 0 spiro atoms. The SMILES string of the molecule is CC.N/N=C(/c1cc(Br)cnc1N)N(N)c1ccc(O)c(F)c1F. The molecule has 0 radical (unpaired) electrons. The third-order valence-electron chi connectivity index (χ3n) is 2.78. The zero-order valence-corrected chi connectivity index (χ0v) is 14.6. The van der Waals surface area contributed by atoms with E-state index in [0.717, 1.165) is 12.1 Å². The summed E-state index contributed by atoms with van der Waals surface area (Å²) in [6.07, 6.45) is 1.44. The third kappa shape index (κ3) is 3.89. The molecule has 1 heterocycles. The molecule has 0 amide bonds. The van der Waals surface area contributed by atoms with Crippen LogP contribution in [0, 0.1) is 11.6 Å². The van der Waals surface area contributed by atoms with Gasteiger partial charge in [-0.2, -0.15) is 9.49 Å². The monoisotopic (exact) mass is 402 g/mol. The summed E-state index contributed by atoms with van der Waals surface area (Å²) in [6, 6.07) is 3.54. The van der Waals surface area contributed by atoms with Crippen LogP contribution in [-0.4, -0.2) is 15.9 Å². The van der Waals surface area contributed by atoms with Gasteiger partial charge in [0, 0.05) is 10.7 Å². The van der Waals surface area contributed by atoms with Gasteiger partial charge < -0.3 is 16.7 Å². The van der Waals surface area contributed by atoms with Crippen molar-refractivity contribution in [1.29, 1.82) is 0 Å². The van der Waals surface area contributed by atoms with E-state index >= 15 is 0 Å². The lowest BCUT2D eigenvalue weighted by Crippen LogP contribution is -2.40. The number of hydrogen-bond acceptors (Lipinski definition) is 6. The number of phenolic OH excluding ortho intramolecular Hbond substituents is 1. The largest absolute Gasteiger partial charge is 0.505 e. The predicted octanol–water partition coefficient (Wildman–Crippen LogP) is 2.44. The fourth-order valence-electron chi connectivity index (χ4n) is 1.72. The molecule has 0 atom stereocenters. The lowest BCUT2D eigenvalue weighted by atomic mass is 10.2. The summed E-state index contributed by atoms with van der Waals surface area (Å²) < 4.78 is 27.9. The molecule has 1 aromatic carbocycles. The first-order valence-corrected chi connectivity index (χ1v) is 7.57. The van der Waals surface area contributed by atoms with Gasteiger partial charge in [-0.05, 0) is 34.1 Å². The molecular formula is C14H17BrF2N6O. The zero-order chi connectivity index (χ0) is 18.4. The summed E-state index contributed by atoms with van der Waals surface area (Å²) >= 11 is 3.19. The van der Waals surface area contributed by atoms with Crippen molar-refractivity contribution in [3.63, 3.8) is 0 Å². The van der Waals surface area contributed by atoms with Crippen LogP contribution in [0.4, 0.5) is 20.3 Å². The lowest BCUT2D eigenvalue weighted by Gasteiger charge is -2.21. The van der Waals surface area contributed by atoms with E-state index in [2.05, 4.69) is 26.0 Å². The second-order valence-corrected chi connectivity index (χ2v) is 5.06. The van der Waals surface area contributed by atoms with Crippen molar-refractivity contribution >= 4 is 33.3 Å². The van der Waals surface area contributed by atoms with Gasteiger partial charge in [0.2, 0.25) is 5.82 Å². The number of nitrogen functional groups attached to an aromatic ring is 1. The number of phenols is 1. The Hall–Kier alpha value is -2.46. The van der Waals surface area contributed by atoms with Gasteiger partial charge in [0.25, 0.3) is 0 Å². The van der Waals surface area contributed by atoms with Crippen molar-refractivity contribution in [2.24, 2.45) is 16.8 Å². The molecule has 10 heteroatoms. The van der Waals surface area contributed by atoms with E-state index in [4.69, 9.17) is 22.5 Å². The molecule has 0 aliphatic rings. The summed E-state index contributed by atoms with van der Waals surface area (Å²) in [5, 5.41) is 13.3. The molecule has 24 heavy (non-hydrogen) atoms. The number of hydrazine groups is 1. The highest BCUT2D eigenvalue weighted by atomic mass is 79.9. The van der Waals surface area contributed by atoms with Gasteiger partial charge >= 0.3 is 0 Å². The fourth-order valence-corrected chi connectivity index (χ4v) is 2.05. The molecule has 2 aromatic rings. The molecule has 0 saturated carbocycles. The number of pyridine rings is 1. The highest BCUT2D eigenvalue weighted by Crippen LogP contribution is 2.28. The Morgan fingerprint density at radius 3 is 2.50 bits per heavy atom. The van der Waals surface area contributed by atoms with Crippen LogP contribution in [0.3, 0.4) is 0 Å². The van der Waals surface area contributed by atoms with Gasteiger partial charge in [0.05, 0.1) is 11.3 Å². The van der Waals surface area contributed by atoms with Crippen molar-refractivity contribution in [2.45, 2.75) is 13.8 Å². The van der Waals surface area contributed by atoms with Crippen LogP contribution in [0.1, 0.15) is 19.4 Å². The van der Waals surface area contributed by atoms with Crippen LogP contribution in [0.2, 0.25) is 0 Å². The topological polar surface area (TPSA) is 127 Å².